The molecule has 0 spiro atoms. The smallest absolute Gasteiger partial charge is 0.0726 e. The summed E-state index contributed by atoms with van der Waals surface area (Å²) in [5.41, 5.74) is 3.64. The minimum atomic E-state index is -0.246. The molecule has 1 aliphatic rings. The highest BCUT2D eigenvalue weighted by Crippen LogP contribution is 2.26. The lowest BCUT2D eigenvalue weighted by Crippen LogP contribution is -1.93. The normalized spacial score (nSPS) is 20.5. The number of halogens is 1. The maximum Gasteiger partial charge on any atom is 0.0726 e. The van der Waals surface area contributed by atoms with E-state index < -0.39 is 0 Å². The van der Waals surface area contributed by atoms with Gasteiger partial charge in [0.15, 0.2) is 0 Å². The molecule has 1 N–H and O–H groups in total. The predicted molar refractivity (Wildman–Crippen MR) is 63.2 cm³/mol. The molecule has 0 aromatic heterocycles. The molecule has 2 heteroatoms. The summed E-state index contributed by atoms with van der Waals surface area (Å²) >= 11 is 6.15. The SMILES string of the molecule is Cc1ccc(CC2=CC(O)CC2)c(Cl)c1. The molecule has 1 nitrogen and oxygen atoms in total. The van der Waals surface area contributed by atoms with E-state index in [1.807, 2.05) is 19.1 Å². The van der Waals surface area contributed by atoms with Gasteiger partial charge in [0, 0.05) is 5.02 Å². The standard InChI is InChI=1S/C13H15ClO/c1-9-2-4-11(13(14)6-9)7-10-3-5-12(15)8-10/h2,4,6,8,12,15H,3,5,7H2,1H3. The van der Waals surface area contributed by atoms with Crippen LogP contribution >= 0.6 is 11.6 Å². The van der Waals surface area contributed by atoms with Crippen molar-refractivity contribution in [2.24, 2.45) is 0 Å². The minimum Gasteiger partial charge on any atom is -0.389 e. The molecule has 0 saturated heterocycles. The maximum absolute atomic E-state index is 9.38. The molecule has 0 aliphatic heterocycles. The van der Waals surface area contributed by atoms with Gasteiger partial charge in [0.05, 0.1) is 6.10 Å². The zero-order valence-corrected chi connectivity index (χ0v) is 9.59. The van der Waals surface area contributed by atoms with E-state index in [1.165, 1.54) is 11.1 Å². The first-order valence-electron chi connectivity index (χ1n) is 5.28. The van der Waals surface area contributed by atoms with Crippen molar-refractivity contribution in [1.82, 2.24) is 0 Å². The third kappa shape index (κ3) is 2.61. The van der Waals surface area contributed by atoms with Crippen molar-refractivity contribution < 1.29 is 5.11 Å². The molecule has 0 heterocycles. The first-order chi connectivity index (χ1) is 7.15. The quantitative estimate of drug-likeness (QED) is 0.762. The molecule has 1 aliphatic carbocycles. The zero-order chi connectivity index (χ0) is 10.8. The Bertz CT molecular complexity index is 396. The van der Waals surface area contributed by atoms with E-state index >= 15 is 0 Å². The van der Waals surface area contributed by atoms with Crippen LogP contribution in [0.4, 0.5) is 0 Å². The van der Waals surface area contributed by atoms with Gasteiger partial charge in [-0.05, 0) is 43.4 Å². The minimum absolute atomic E-state index is 0.246. The number of hydrogen-bond donors (Lipinski definition) is 1. The lowest BCUT2D eigenvalue weighted by molar-refractivity contribution is 0.223. The Labute approximate surface area is 95.4 Å². The Kier molecular flexibility index (Phi) is 3.13. The van der Waals surface area contributed by atoms with Crippen LogP contribution in [-0.2, 0) is 6.42 Å². The van der Waals surface area contributed by atoms with Crippen LogP contribution in [0.25, 0.3) is 0 Å². The number of aryl methyl sites for hydroxylation is 1. The molecule has 1 atom stereocenters. The van der Waals surface area contributed by atoms with E-state index in [9.17, 15) is 5.11 Å². The molecular formula is C13H15ClO. The second kappa shape index (κ2) is 4.38. The highest BCUT2D eigenvalue weighted by atomic mass is 35.5. The third-order valence-corrected chi connectivity index (χ3v) is 3.17. The second-order valence-electron chi connectivity index (χ2n) is 4.20. The highest BCUT2D eigenvalue weighted by Gasteiger charge is 2.13. The van der Waals surface area contributed by atoms with Crippen LogP contribution < -0.4 is 0 Å². The largest absolute Gasteiger partial charge is 0.389 e. The molecule has 80 valence electrons. The Balaban J connectivity index is 2.14. The van der Waals surface area contributed by atoms with Crippen LogP contribution in [0.5, 0.6) is 0 Å². The summed E-state index contributed by atoms with van der Waals surface area (Å²) in [7, 11) is 0. The van der Waals surface area contributed by atoms with E-state index in [0.717, 1.165) is 29.8 Å². The number of allylic oxidation sites excluding steroid dienone is 1. The van der Waals surface area contributed by atoms with Gasteiger partial charge < -0.3 is 5.11 Å². The van der Waals surface area contributed by atoms with Crippen LogP contribution in [0.3, 0.4) is 0 Å². The molecule has 1 aromatic rings. The van der Waals surface area contributed by atoms with E-state index in [-0.39, 0.29) is 6.10 Å². The Morgan fingerprint density at radius 2 is 2.27 bits per heavy atom. The first kappa shape index (κ1) is 10.7. The molecule has 1 aromatic carbocycles. The number of rotatable bonds is 2. The lowest BCUT2D eigenvalue weighted by Gasteiger charge is -2.05. The van der Waals surface area contributed by atoms with Gasteiger partial charge in [0.25, 0.3) is 0 Å². The van der Waals surface area contributed by atoms with Crippen molar-refractivity contribution >= 4 is 11.6 Å². The average molecular weight is 223 g/mol. The van der Waals surface area contributed by atoms with Gasteiger partial charge in [-0.2, -0.15) is 0 Å². The maximum atomic E-state index is 9.38. The van der Waals surface area contributed by atoms with Crippen molar-refractivity contribution in [3.63, 3.8) is 0 Å². The topological polar surface area (TPSA) is 20.2 Å². The zero-order valence-electron chi connectivity index (χ0n) is 8.83. The fourth-order valence-corrected chi connectivity index (χ4v) is 2.26. The van der Waals surface area contributed by atoms with Crippen molar-refractivity contribution in [3.05, 3.63) is 46.0 Å². The van der Waals surface area contributed by atoms with Gasteiger partial charge in [-0.25, -0.2) is 0 Å². The van der Waals surface area contributed by atoms with Gasteiger partial charge in [0.1, 0.15) is 0 Å². The van der Waals surface area contributed by atoms with E-state index in [4.69, 9.17) is 11.6 Å². The predicted octanol–water partition coefficient (Wildman–Crippen LogP) is 3.27. The number of aliphatic hydroxyl groups is 1. The first-order valence-corrected chi connectivity index (χ1v) is 5.65. The summed E-state index contributed by atoms with van der Waals surface area (Å²) in [6.07, 6.45) is 4.43. The van der Waals surface area contributed by atoms with Crippen LogP contribution in [0, 0.1) is 6.92 Å². The highest BCUT2D eigenvalue weighted by molar-refractivity contribution is 6.31. The summed E-state index contributed by atoms with van der Waals surface area (Å²) in [6, 6.07) is 6.14. The summed E-state index contributed by atoms with van der Waals surface area (Å²) in [4.78, 5) is 0. The number of benzene rings is 1. The molecule has 0 saturated carbocycles. The Morgan fingerprint density at radius 1 is 1.47 bits per heavy atom. The van der Waals surface area contributed by atoms with Gasteiger partial charge in [-0.1, -0.05) is 35.4 Å². The third-order valence-electron chi connectivity index (χ3n) is 2.82. The summed E-state index contributed by atoms with van der Waals surface area (Å²) in [6.45, 7) is 2.04. The van der Waals surface area contributed by atoms with E-state index in [0.29, 0.717) is 0 Å². The molecule has 15 heavy (non-hydrogen) atoms. The number of aliphatic hydroxyl groups excluding tert-OH is 1. The van der Waals surface area contributed by atoms with Crippen LogP contribution in [0.15, 0.2) is 29.8 Å². The van der Waals surface area contributed by atoms with Crippen molar-refractivity contribution in [1.29, 1.82) is 0 Å². The fourth-order valence-electron chi connectivity index (χ4n) is 1.96. The second-order valence-corrected chi connectivity index (χ2v) is 4.61. The molecular weight excluding hydrogens is 208 g/mol. The van der Waals surface area contributed by atoms with Gasteiger partial charge >= 0.3 is 0 Å². The fraction of sp³-hybridized carbons (Fsp3) is 0.385. The van der Waals surface area contributed by atoms with Crippen molar-refractivity contribution in [3.8, 4) is 0 Å². The van der Waals surface area contributed by atoms with E-state index in [2.05, 4.69) is 12.1 Å². The summed E-state index contributed by atoms with van der Waals surface area (Å²) < 4.78 is 0. The van der Waals surface area contributed by atoms with Crippen LogP contribution in [0.1, 0.15) is 24.0 Å². The monoisotopic (exact) mass is 222 g/mol. The summed E-state index contributed by atoms with van der Waals surface area (Å²) in [5.74, 6) is 0. The Morgan fingerprint density at radius 3 is 2.87 bits per heavy atom. The number of hydrogen-bond acceptors (Lipinski definition) is 1. The Hall–Kier alpha value is -0.790. The van der Waals surface area contributed by atoms with Gasteiger partial charge in [-0.3, -0.25) is 0 Å². The van der Waals surface area contributed by atoms with Crippen LogP contribution in [0.2, 0.25) is 5.02 Å². The summed E-state index contributed by atoms with van der Waals surface area (Å²) in [5, 5.41) is 10.2. The van der Waals surface area contributed by atoms with Crippen molar-refractivity contribution in [2.45, 2.75) is 32.3 Å². The van der Waals surface area contributed by atoms with E-state index in [1.54, 1.807) is 0 Å². The molecule has 1 unspecified atom stereocenters. The molecule has 0 bridgehead atoms. The average Bonchev–Trinajstić information content (AvgIpc) is 2.56. The van der Waals surface area contributed by atoms with Crippen molar-refractivity contribution in [2.75, 3.05) is 0 Å². The molecule has 0 amide bonds. The van der Waals surface area contributed by atoms with Crippen LogP contribution in [-0.4, -0.2) is 11.2 Å². The molecule has 0 radical (unpaired) electrons. The van der Waals surface area contributed by atoms with Gasteiger partial charge in [0.2, 0.25) is 0 Å². The molecule has 0 fully saturated rings. The van der Waals surface area contributed by atoms with Gasteiger partial charge in [-0.15, -0.1) is 0 Å². The molecule has 2 rings (SSSR count). The lowest BCUT2D eigenvalue weighted by atomic mass is 10.0.